The van der Waals surface area contributed by atoms with Gasteiger partial charge in [0.15, 0.2) is 6.04 Å². The molecule has 0 saturated heterocycles. The Hall–Kier alpha value is -2.48. The average Bonchev–Trinajstić information content (AvgIpc) is 2.45. The van der Waals surface area contributed by atoms with Crippen molar-refractivity contribution in [3.63, 3.8) is 0 Å². The van der Waals surface area contributed by atoms with Crippen molar-refractivity contribution in [1.29, 1.82) is 0 Å². The highest BCUT2D eigenvalue weighted by Gasteiger charge is 2.28. The second-order valence-corrected chi connectivity index (χ2v) is 5.11. The highest BCUT2D eigenvalue weighted by molar-refractivity contribution is 6.32. The van der Waals surface area contributed by atoms with Gasteiger partial charge in [-0.1, -0.05) is 23.7 Å². The lowest BCUT2D eigenvalue weighted by atomic mass is 10.0. The summed E-state index contributed by atoms with van der Waals surface area (Å²) in [5.74, 6) is -1.56. The molecule has 118 valence electrons. The van der Waals surface area contributed by atoms with E-state index in [1.165, 1.54) is 0 Å². The first-order valence-electron chi connectivity index (χ1n) is 6.47. The molecule has 1 aliphatic heterocycles. The molecule has 9 heteroatoms. The molecule has 2 rings (SSSR count). The minimum Gasteiger partial charge on any atom is -0.492 e. The van der Waals surface area contributed by atoms with E-state index in [0.29, 0.717) is 29.4 Å². The predicted octanol–water partition coefficient (Wildman–Crippen LogP) is -0.198. The van der Waals surface area contributed by atoms with Crippen molar-refractivity contribution in [2.45, 2.75) is 18.5 Å². The molecule has 0 fully saturated rings. The van der Waals surface area contributed by atoms with Gasteiger partial charge in [-0.3, -0.25) is 9.59 Å². The number of hydrogen-bond donors (Lipinski definition) is 4. The van der Waals surface area contributed by atoms with Gasteiger partial charge in [-0.05, 0) is 6.07 Å². The molecule has 1 aromatic carbocycles. The Morgan fingerprint density at radius 1 is 1.27 bits per heavy atom. The number of primary amides is 2. The van der Waals surface area contributed by atoms with Gasteiger partial charge < -0.3 is 26.8 Å². The van der Waals surface area contributed by atoms with Crippen molar-refractivity contribution >= 4 is 29.4 Å². The zero-order chi connectivity index (χ0) is 16.3. The van der Waals surface area contributed by atoms with Crippen molar-refractivity contribution in [2.24, 2.45) is 11.5 Å². The lowest BCUT2D eigenvalue weighted by molar-refractivity contribution is -0.128. The standard InChI is InChI=1S/C13H15ClN4O4/c14-7-3-1-2-6-8(4-5-22-10(6)7)17-13(21)18-9(11(15)19)12(16)20/h1-3,8-9H,4-5H2,(H2,15,19)(H2,16,20)(H2,17,18,21)/t8-/m0/s1. The molecule has 0 aromatic heterocycles. The Labute approximate surface area is 131 Å². The SMILES string of the molecule is NC(=O)C(NC(=O)N[C@H]1CCOc2c(Cl)cccc21)C(N)=O. The van der Waals surface area contributed by atoms with Crippen molar-refractivity contribution < 1.29 is 19.1 Å². The summed E-state index contributed by atoms with van der Waals surface area (Å²) in [5.41, 5.74) is 10.7. The Balaban J connectivity index is 2.09. The number of nitrogens with two attached hydrogens (primary N) is 2. The maximum absolute atomic E-state index is 11.9. The Morgan fingerprint density at radius 2 is 1.95 bits per heavy atom. The number of halogens is 1. The number of para-hydroxylation sites is 1. The van der Waals surface area contributed by atoms with E-state index in [-0.39, 0.29) is 6.04 Å². The minimum absolute atomic E-state index is 0.371. The van der Waals surface area contributed by atoms with Crippen LogP contribution in [-0.2, 0) is 9.59 Å². The van der Waals surface area contributed by atoms with E-state index >= 15 is 0 Å². The smallest absolute Gasteiger partial charge is 0.316 e. The van der Waals surface area contributed by atoms with Gasteiger partial charge in [-0.15, -0.1) is 0 Å². The van der Waals surface area contributed by atoms with Gasteiger partial charge in [0.05, 0.1) is 17.7 Å². The maximum atomic E-state index is 11.9. The van der Waals surface area contributed by atoms with Crippen LogP contribution in [-0.4, -0.2) is 30.5 Å². The lowest BCUT2D eigenvalue weighted by Gasteiger charge is -2.27. The van der Waals surface area contributed by atoms with Crippen LogP contribution in [0.1, 0.15) is 18.0 Å². The first kappa shape index (κ1) is 15.9. The zero-order valence-corrected chi connectivity index (χ0v) is 12.2. The number of benzene rings is 1. The summed E-state index contributed by atoms with van der Waals surface area (Å²) in [6.07, 6.45) is 0.512. The predicted molar refractivity (Wildman–Crippen MR) is 78.1 cm³/mol. The first-order valence-corrected chi connectivity index (χ1v) is 6.85. The number of nitrogens with one attached hydrogen (secondary N) is 2. The van der Waals surface area contributed by atoms with Gasteiger partial charge in [0.25, 0.3) is 0 Å². The number of amides is 4. The summed E-state index contributed by atoms with van der Waals surface area (Å²) in [6, 6.07) is 2.50. The van der Waals surface area contributed by atoms with E-state index in [2.05, 4.69) is 10.6 Å². The number of hydrogen-bond acceptors (Lipinski definition) is 4. The van der Waals surface area contributed by atoms with E-state index in [0.717, 1.165) is 0 Å². The van der Waals surface area contributed by atoms with Crippen LogP contribution >= 0.6 is 11.6 Å². The molecular weight excluding hydrogens is 312 g/mol. The molecule has 0 radical (unpaired) electrons. The largest absolute Gasteiger partial charge is 0.492 e. The van der Waals surface area contributed by atoms with E-state index < -0.39 is 23.9 Å². The molecule has 4 amide bonds. The average molecular weight is 327 g/mol. The Kier molecular flexibility index (Phi) is 4.71. The van der Waals surface area contributed by atoms with Gasteiger partial charge in [0.2, 0.25) is 11.8 Å². The second-order valence-electron chi connectivity index (χ2n) is 4.70. The highest BCUT2D eigenvalue weighted by Crippen LogP contribution is 2.37. The van der Waals surface area contributed by atoms with Gasteiger partial charge in [-0.2, -0.15) is 0 Å². The highest BCUT2D eigenvalue weighted by atomic mass is 35.5. The number of fused-ring (bicyclic) bond motifs is 1. The minimum atomic E-state index is -1.57. The number of rotatable bonds is 4. The molecule has 0 bridgehead atoms. The van der Waals surface area contributed by atoms with Crippen LogP contribution in [0.15, 0.2) is 18.2 Å². The van der Waals surface area contributed by atoms with Crippen LogP contribution < -0.4 is 26.8 Å². The van der Waals surface area contributed by atoms with Gasteiger partial charge in [-0.25, -0.2) is 4.79 Å². The van der Waals surface area contributed by atoms with E-state index in [4.69, 9.17) is 27.8 Å². The van der Waals surface area contributed by atoms with Crippen LogP contribution in [0, 0.1) is 0 Å². The fraction of sp³-hybridized carbons (Fsp3) is 0.308. The van der Waals surface area contributed by atoms with Crippen LogP contribution in [0.5, 0.6) is 5.75 Å². The summed E-state index contributed by atoms with van der Waals surface area (Å²) in [5, 5.41) is 5.22. The number of ether oxygens (including phenoxy) is 1. The molecule has 6 N–H and O–H groups in total. The fourth-order valence-electron chi connectivity index (χ4n) is 2.15. The molecule has 1 aromatic rings. The van der Waals surface area contributed by atoms with Crippen LogP contribution in [0.2, 0.25) is 5.02 Å². The summed E-state index contributed by atoms with van der Waals surface area (Å²) in [6.45, 7) is 0.372. The zero-order valence-electron chi connectivity index (χ0n) is 11.5. The molecule has 1 heterocycles. The molecule has 0 saturated carbocycles. The Bertz CT molecular complexity index is 608. The Morgan fingerprint density at radius 3 is 2.59 bits per heavy atom. The molecule has 0 spiro atoms. The fourth-order valence-corrected chi connectivity index (χ4v) is 2.39. The third kappa shape index (κ3) is 3.40. The summed E-state index contributed by atoms with van der Waals surface area (Å²) in [7, 11) is 0. The third-order valence-electron chi connectivity index (χ3n) is 3.18. The third-order valence-corrected chi connectivity index (χ3v) is 3.47. The molecular formula is C13H15ClN4O4. The molecule has 8 nitrogen and oxygen atoms in total. The quantitative estimate of drug-likeness (QED) is 0.569. The van der Waals surface area contributed by atoms with Gasteiger partial charge >= 0.3 is 6.03 Å². The summed E-state index contributed by atoms with van der Waals surface area (Å²) in [4.78, 5) is 34.0. The number of urea groups is 1. The topological polar surface area (TPSA) is 137 Å². The van der Waals surface area contributed by atoms with Crippen LogP contribution in [0.4, 0.5) is 4.79 Å². The van der Waals surface area contributed by atoms with Crippen molar-refractivity contribution in [2.75, 3.05) is 6.61 Å². The van der Waals surface area contributed by atoms with E-state index in [9.17, 15) is 14.4 Å². The maximum Gasteiger partial charge on any atom is 0.316 e. The molecule has 0 aliphatic carbocycles. The first-order chi connectivity index (χ1) is 10.4. The van der Waals surface area contributed by atoms with Crippen molar-refractivity contribution in [3.8, 4) is 5.75 Å². The molecule has 0 unspecified atom stereocenters. The van der Waals surface area contributed by atoms with E-state index in [1.807, 2.05) is 0 Å². The second kappa shape index (κ2) is 6.52. The van der Waals surface area contributed by atoms with E-state index in [1.54, 1.807) is 18.2 Å². The molecule has 22 heavy (non-hydrogen) atoms. The number of carbonyl (C=O) groups is 3. The monoisotopic (exact) mass is 326 g/mol. The van der Waals surface area contributed by atoms with Crippen LogP contribution in [0.25, 0.3) is 0 Å². The van der Waals surface area contributed by atoms with Crippen molar-refractivity contribution in [1.82, 2.24) is 10.6 Å². The van der Waals surface area contributed by atoms with Crippen LogP contribution in [0.3, 0.4) is 0 Å². The van der Waals surface area contributed by atoms with Gasteiger partial charge in [0, 0.05) is 12.0 Å². The molecule has 1 atom stereocenters. The normalized spacial score (nSPS) is 16.4. The molecule has 1 aliphatic rings. The lowest BCUT2D eigenvalue weighted by Crippen LogP contribution is -2.55. The summed E-state index contributed by atoms with van der Waals surface area (Å²) < 4.78 is 5.47. The van der Waals surface area contributed by atoms with Crippen molar-refractivity contribution in [3.05, 3.63) is 28.8 Å². The number of carbonyl (C=O) groups excluding carboxylic acids is 3. The van der Waals surface area contributed by atoms with Gasteiger partial charge in [0.1, 0.15) is 5.75 Å². The summed E-state index contributed by atoms with van der Waals surface area (Å²) >= 11 is 6.04.